The maximum atomic E-state index is 13.3. The van der Waals surface area contributed by atoms with Gasteiger partial charge in [-0.15, -0.1) is 11.3 Å². The summed E-state index contributed by atoms with van der Waals surface area (Å²) in [6.45, 7) is 5.93. The number of carbonyl (C=O) groups excluding carboxylic acids is 1. The molecule has 0 spiro atoms. The molecule has 0 aliphatic carbocycles. The summed E-state index contributed by atoms with van der Waals surface area (Å²) in [6.07, 6.45) is 1.86. The average molecular weight is 402 g/mol. The number of nitrogens with one attached hydrogen (secondary N) is 2. The summed E-state index contributed by atoms with van der Waals surface area (Å²) >= 11 is 1.70. The van der Waals surface area contributed by atoms with Gasteiger partial charge in [0.05, 0.1) is 28.0 Å². The van der Waals surface area contributed by atoms with Crippen molar-refractivity contribution in [3.63, 3.8) is 0 Å². The number of fused-ring (bicyclic) bond motifs is 2. The van der Waals surface area contributed by atoms with Crippen LogP contribution in [-0.2, 0) is 0 Å². The van der Waals surface area contributed by atoms with E-state index in [9.17, 15) is 4.79 Å². The minimum Gasteiger partial charge on any atom is -0.361 e. The van der Waals surface area contributed by atoms with Crippen LogP contribution in [0.2, 0.25) is 0 Å². The second-order valence-electron chi connectivity index (χ2n) is 7.03. The number of aromatic amines is 1. The normalized spacial score (nSPS) is 11.4. The first-order valence-electron chi connectivity index (χ1n) is 9.23. The number of aromatic nitrogens is 3. The van der Waals surface area contributed by atoms with Crippen molar-refractivity contribution in [3.8, 4) is 11.3 Å². The fourth-order valence-corrected chi connectivity index (χ4v) is 4.61. The molecule has 5 aromatic rings. The van der Waals surface area contributed by atoms with E-state index in [4.69, 9.17) is 4.52 Å². The first-order valence-corrected chi connectivity index (χ1v) is 10.0. The lowest BCUT2D eigenvalue weighted by Crippen LogP contribution is -2.13. The number of pyridine rings is 1. The molecule has 6 nitrogen and oxygen atoms in total. The van der Waals surface area contributed by atoms with Gasteiger partial charge in [0, 0.05) is 32.4 Å². The average Bonchev–Trinajstić information content (AvgIpc) is 3.40. The van der Waals surface area contributed by atoms with Gasteiger partial charge in [0.15, 0.2) is 0 Å². The number of amides is 1. The van der Waals surface area contributed by atoms with Crippen molar-refractivity contribution in [2.45, 2.75) is 20.8 Å². The number of H-pyrrole nitrogens is 1. The lowest BCUT2D eigenvalue weighted by Gasteiger charge is -2.09. The number of aryl methyl sites for hydroxylation is 3. The number of rotatable bonds is 3. The molecule has 29 heavy (non-hydrogen) atoms. The molecule has 0 bridgehead atoms. The molecule has 4 aromatic heterocycles. The molecule has 1 amide bonds. The number of carbonyl (C=O) groups is 1. The molecule has 0 aliphatic heterocycles. The summed E-state index contributed by atoms with van der Waals surface area (Å²) in [6, 6.07) is 11.6. The number of thiophene rings is 1. The molecule has 0 radical (unpaired) electrons. The Balaban J connectivity index is 1.65. The standard InChI is InChI=1S/C22H18N4O2S/c1-11-9-15(13(3)29-11)19-10-16(20-12(2)26-28-22(20)25-19)21(27)24-18-6-4-5-17-14(18)7-8-23-17/h4-10,23H,1-3H3,(H,24,27). The Kier molecular flexibility index (Phi) is 3.99. The first-order chi connectivity index (χ1) is 14.0. The summed E-state index contributed by atoms with van der Waals surface area (Å²) in [5.74, 6) is -0.219. The van der Waals surface area contributed by atoms with Gasteiger partial charge in [-0.2, -0.15) is 0 Å². The molecule has 4 heterocycles. The van der Waals surface area contributed by atoms with Crippen molar-refractivity contribution < 1.29 is 9.32 Å². The quantitative estimate of drug-likeness (QED) is 0.411. The highest BCUT2D eigenvalue weighted by Gasteiger charge is 2.21. The van der Waals surface area contributed by atoms with Gasteiger partial charge in [-0.3, -0.25) is 4.79 Å². The second kappa shape index (κ2) is 6.56. The second-order valence-corrected chi connectivity index (χ2v) is 8.49. The first kappa shape index (κ1) is 17.6. The Hall–Kier alpha value is -3.45. The highest BCUT2D eigenvalue weighted by Crippen LogP contribution is 2.33. The van der Waals surface area contributed by atoms with E-state index in [2.05, 4.69) is 40.4 Å². The van der Waals surface area contributed by atoms with Crippen LogP contribution in [0.15, 0.2) is 47.1 Å². The van der Waals surface area contributed by atoms with E-state index in [0.29, 0.717) is 28.1 Å². The van der Waals surface area contributed by atoms with Gasteiger partial charge < -0.3 is 14.8 Å². The fraction of sp³-hybridized carbons (Fsp3) is 0.136. The molecule has 144 valence electrons. The number of hydrogen-bond donors (Lipinski definition) is 2. The monoisotopic (exact) mass is 402 g/mol. The number of benzene rings is 1. The lowest BCUT2D eigenvalue weighted by molar-refractivity contribution is 0.102. The van der Waals surface area contributed by atoms with Crippen LogP contribution in [0.25, 0.3) is 33.3 Å². The summed E-state index contributed by atoms with van der Waals surface area (Å²) in [7, 11) is 0. The van der Waals surface area contributed by atoms with Crippen molar-refractivity contribution in [3.05, 3.63) is 63.6 Å². The van der Waals surface area contributed by atoms with Crippen LogP contribution in [0, 0.1) is 20.8 Å². The molecule has 1 aromatic carbocycles. The molecular formula is C22H18N4O2S. The van der Waals surface area contributed by atoms with Crippen molar-refractivity contribution in [2.75, 3.05) is 5.32 Å². The van der Waals surface area contributed by atoms with Gasteiger partial charge in [-0.1, -0.05) is 11.2 Å². The van der Waals surface area contributed by atoms with Crippen LogP contribution in [0.5, 0.6) is 0 Å². The molecule has 5 rings (SSSR count). The molecular weight excluding hydrogens is 384 g/mol. The summed E-state index contributed by atoms with van der Waals surface area (Å²) < 4.78 is 5.41. The van der Waals surface area contributed by atoms with Gasteiger partial charge in [0.2, 0.25) is 0 Å². The predicted octanol–water partition coefficient (Wildman–Crippen LogP) is 5.61. The predicted molar refractivity (Wildman–Crippen MR) is 116 cm³/mol. The largest absolute Gasteiger partial charge is 0.361 e. The maximum Gasteiger partial charge on any atom is 0.259 e. The van der Waals surface area contributed by atoms with E-state index in [0.717, 1.165) is 27.0 Å². The van der Waals surface area contributed by atoms with E-state index in [1.807, 2.05) is 43.5 Å². The van der Waals surface area contributed by atoms with Crippen molar-refractivity contribution in [1.29, 1.82) is 0 Å². The molecule has 0 saturated heterocycles. The summed E-state index contributed by atoms with van der Waals surface area (Å²) in [5.41, 5.74) is 4.94. The SMILES string of the molecule is Cc1cc(-c2cc(C(=O)Nc3cccc4[nH]ccc34)c3c(C)noc3n2)c(C)s1. The van der Waals surface area contributed by atoms with Crippen LogP contribution in [0.1, 0.15) is 25.8 Å². The molecule has 0 aliphatic rings. The summed E-state index contributed by atoms with van der Waals surface area (Å²) in [5, 5.41) is 8.66. The Morgan fingerprint density at radius 3 is 2.83 bits per heavy atom. The van der Waals surface area contributed by atoms with Crippen LogP contribution >= 0.6 is 11.3 Å². The van der Waals surface area contributed by atoms with Crippen LogP contribution in [0.4, 0.5) is 5.69 Å². The van der Waals surface area contributed by atoms with E-state index < -0.39 is 0 Å². The molecule has 0 unspecified atom stereocenters. The van der Waals surface area contributed by atoms with Crippen LogP contribution in [0.3, 0.4) is 0 Å². The van der Waals surface area contributed by atoms with Gasteiger partial charge in [0.25, 0.3) is 11.6 Å². The Bertz CT molecular complexity index is 1390. The highest BCUT2D eigenvalue weighted by atomic mass is 32.1. The molecule has 0 fully saturated rings. The van der Waals surface area contributed by atoms with Crippen LogP contribution < -0.4 is 5.32 Å². The minimum atomic E-state index is -0.219. The van der Waals surface area contributed by atoms with Crippen molar-refractivity contribution in [1.82, 2.24) is 15.1 Å². The lowest BCUT2D eigenvalue weighted by atomic mass is 10.1. The third-order valence-electron chi connectivity index (χ3n) is 5.02. The van der Waals surface area contributed by atoms with E-state index in [-0.39, 0.29) is 5.91 Å². The highest BCUT2D eigenvalue weighted by molar-refractivity contribution is 7.12. The maximum absolute atomic E-state index is 13.3. The molecule has 7 heteroatoms. The number of anilines is 1. The zero-order valence-corrected chi connectivity index (χ0v) is 17.0. The van der Waals surface area contributed by atoms with E-state index in [1.165, 1.54) is 4.88 Å². The van der Waals surface area contributed by atoms with E-state index in [1.54, 1.807) is 11.3 Å². The van der Waals surface area contributed by atoms with Crippen molar-refractivity contribution >= 4 is 44.9 Å². The van der Waals surface area contributed by atoms with Gasteiger partial charge in [-0.25, -0.2) is 4.98 Å². The third-order valence-corrected chi connectivity index (χ3v) is 5.99. The zero-order chi connectivity index (χ0) is 20.1. The van der Waals surface area contributed by atoms with Crippen LogP contribution in [-0.4, -0.2) is 21.0 Å². The topological polar surface area (TPSA) is 83.8 Å². The molecule has 0 atom stereocenters. The Morgan fingerprint density at radius 2 is 2.03 bits per heavy atom. The molecule has 0 saturated carbocycles. The van der Waals surface area contributed by atoms with E-state index >= 15 is 0 Å². The fourth-order valence-electron chi connectivity index (χ4n) is 3.68. The summed E-state index contributed by atoms with van der Waals surface area (Å²) in [4.78, 5) is 23.4. The number of hydrogen-bond acceptors (Lipinski definition) is 5. The van der Waals surface area contributed by atoms with Crippen molar-refractivity contribution in [2.24, 2.45) is 0 Å². The van der Waals surface area contributed by atoms with Gasteiger partial charge >= 0.3 is 0 Å². The molecule has 2 N–H and O–H groups in total. The zero-order valence-electron chi connectivity index (χ0n) is 16.2. The smallest absolute Gasteiger partial charge is 0.259 e. The third kappa shape index (κ3) is 2.91. The minimum absolute atomic E-state index is 0.219. The Labute approximate surface area is 170 Å². The van der Waals surface area contributed by atoms with Gasteiger partial charge in [-0.05, 0) is 51.1 Å². The number of nitrogens with zero attached hydrogens (tertiary/aromatic N) is 2. The Morgan fingerprint density at radius 1 is 1.17 bits per heavy atom. The van der Waals surface area contributed by atoms with Gasteiger partial charge in [0.1, 0.15) is 0 Å².